The minimum absolute atomic E-state index is 0.214. The number of rotatable bonds is 5. The lowest BCUT2D eigenvalue weighted by molar-refractivity contribution is -0.136. The highest BCUT2D eigenvalue weighted by atomic mass is 35.5. The molecule has 4 heterocycles. The van der Waals surface area contributed by atoms with E-state index < -0.39 is 17.8 Å². The summed E-state index contributed by atoms with van der Waals surface area (Å²) < 4.78 is 25.2. The molecule has 1 aromatic heterocycles. The summed E-state index contributed by atoms with van der Waals surface area (Å²) in [7, 11) is 1.36. The van der Waals surface area contributed by atoms with Crippen molar-refractivity contribution in [2.24, 2.45) is 10.9 Å². The van der Waals surface area contributed by atoms with Crippen molar-refractivity contribution in [2.75, 3.05) is 7.11 Å². The van der Waals surface area contributed by atoms with Crippen LogP contribution in [0, 0.1) is 11.7 Å². The normalized spacial score (nSPS) is 27.0. The van der Waals surface area contributed by atoms with E-state index in [0.717, 1.165) is 44.2 Å². The molecule has 3 aliphatic rings. The Morgan fingerprint density at radius 2 is 2.15 bits per heavy atom. The maximum Gasteiger partial charge on any atom is 0.338 e. The fourth-order valence-corrected chi connectivity index (χ4v) is 6.13. The number of benzene rings is 1. The number of allylic oxidation sites excluding steroid dienone is 1. The van der Waals surface area contributed by atoms with Gasteiger partial charge in [0.2, 0.25) is 0 Å². The number of amidine groups is 1. The Kier molecular flexibility index (Phi) is 6.99. The summed E-state index contributed by atoms with van der Waals surface area (Å²) in [6, 6.07) is 3.43. The number of nitrogens with one attached hydrogen (secondary N) is 1. The van der Waals surface area contributed by atoms with E-state index in [4.69, 9.17) is 26.1 Å². The number of halogens is 2. The van der Waals surface area contributed by atoms with Crippen LogP contribution in [-0.2, 0) is 14.3 Å². The summed E-state index contributed by atoms with van der Waals surface area (Å²) >= 11 is 7.89. The maximum absolute atomic E-state index is 13.8. The van der Waals surface area contributed by atoms with Crippen molar-refractivity contribution in [3.05, 3.63) is 62.5 Å². The van der Waals surface area contributed by atoms with Crippen molar-refractivity contribution in [2.45, 2.75) is 63.2 Å². The van der Waals surface area contributed by atoms with Crippen LogP contribution in [0.1, 0.15) is 61.6 Å². The second kappa shape index (κ2) is 10.1. The molecule has 0 amide bonds. The molecule has 4 atom stereocenters. The number of thiazole rings is 1. The number of nitrogens with zero attached hydrogens (tertiary/aromatic N) is 2. The molecule has 2 aromatic rings. The molecule has 0 spiro atoms. The Bertz CT molecular complexity index is 1120. The number of carbonyl (C=O) groups is 1. The number of hydrogen-bond donors (Lipinski definition) is 1. The van der Waals surface area contributed by atoms with E-state index in [9.17, 15) is 9.18 Å². The molecule has 4 unspecified atom stereocenters. The van der Waals surface area contributed by atoms with Crippen LogP contribution >= 0.6 is 22.9 Å². The molecule has 0 aliphatic carbocycles. The van der Waals surface area contributed by atoms with Crippen LogP contribution < -0.4 is 5.32 Å². The standard InChI is InChI=1S/C25H27ClFN3O3S/c1-32-25(31)21-20(12-14-3-2-4-16-6-7-17(11-14)33-16)29-23(24-28-9-10-34-24)30-22(21)18-8-5-15(27)13-19(18)26/h5,8-10,13-14,16-17,22H,2-4,6-7,11-12H2,1H3,(H,29,30). The molecule has 2 fully saturated rings. The minimum atomic E-state index is -0.726. The van der Waals surface area contributed by atoms with Gasteiger partial charge < -0.3 is 14.8 Å². The van der Waals surface area contributed by atoms with Crippen molar-refractivity contribution in [1.82, 2.24) is 10.3 Å². The van der Waals surface area contributed by atoms with Crippen LogP contribution in [0.15, 0.2) is 46.0 Å². The van der Waals surface area contributed by atoms with Crippen molar-refractivity contribution in [1.29, 1.82) is 0 Å². The van der Waals surface area contributed by atoms with Gasteiger partial charge >= 0.3 is 5.97 Å². The monoisotopic (exact) mass is 503 g/mol. The quantitative estimate of drug-likeness (QED) is 0.539. The Balaban J connectivity index is 1.55. The van der Waals surface area contributed by atoms with E-state index in [2.05, 4.69) is 10.3 Å². The highest BCUT2D eigenvalue weighted by Gasteiger charge is 2.36. The zero-order chi connectivity index (χ0) is 23.7. The smallest absolute Gasteiger partial charge is 0.338 e. The lowest BCUT2D eigenvalue weighted by Crippen LogP contribution is -2.35. The van der Waals surface area contributed by atoms with Crippen LogP contribution in [0.2, 0.25) is 5.02 Å². The SMILES string of the molecule is COC(=O)C1=C(CC2CCCC3CCC(C2)O3)NC(c2nccs2)=NC1c1ccc(F)cc1Cl. The Morgan fingerprint density at radius 1 is 1.29 bits per heavy atom. The lowest BCUT2D eigenvalue weighted by atomic mass is 9.86. The summed E-state index contributed by atoms with van der Waals surface area (Å²) in [6.45, 7) is 0. The summed E-state index contributed by atoms with van der Waals surface area (Å²) in [6.07, 6.45) is 9.50. The van der Waals surface area contributed by atoms with E-state index >= 15 is 0 Å². The van der Waals surface area contributed by atoms with E-state index in [-0.39, 0.29) is 11.1 Å². The van der Waals surface area contributed by atoms with Gasteiger partial charge in [0, 0.05) is 27.9 Å². The molecule has 0 radical (unpaired) electrons. The molecule has 1 N–H and O–H groups in total. The zero-order valence-corrected chi connectivity index (χ0v) is 20.5. The molecular formula is C25H27ClFN3O3S. The minimum Gasteiger partial charge on any atom is -0.466 e. The fraction of sp³-hybridized carbons (Fsp3) is 0.480. The first-order chi connectivity index (χ1) is 16.5. The second-order valence-corrected chi connectivity index (χ2v) is 10.4. The third kappa shape index (κ3) is 4.90. The van der Waals surface area contributed by atoms with Crippen molar-refractivity contribution >= 4 is 34.7 Å². The fourth-order valence-electron chi connectivity index (χ4n) is 5.27. The molecule has 1 aromatic carbocycles. The summed E-state index contributed by atoms with van der Waals surface area (Å²) in [5.74, 6) is 0.00938. The van der Waals surface area contributed by atoms with Gasteiger partial charge in [-0.05, 0) is 56.6 Å². The van der Waals surface area contributed by atoms with Gasteiger partial charge in [0.15, 0.2) is 10.8 Å². The van der Waals surface area contributed by atoms with Gasteiger partial charge in [-0.15, -0.1) is 11.3 Å². The van der Waals surface area contributed by atoms with Crippen LogP contribution in [0.25, 0.3) is 0 Å². The number of fused-ring (bicyclic) bond motifs is 2. The van der Waals surface area contributed by atoms with Gasteiger partial charge in [0.05, 0.1) is 24.9 Å². The predicted octanol–water partition coefficient (Wildman–Crippen LogP) is 5.58. The molecule has 3 aliphatic heterocycles. The highest BCUT2D eigenvalue weighted by Crippen LogP contribution is 2.40. The number of esters is 1. The van der Waals surface area contributed by atoms with Gasteiger partial charge in [0.1, 0.15) is 11.9 Å². The molecule has 2 saturated heterocycles. The molecular weight excluding hydrogens is 477 g/mol. The van der Waals surface area contributed by atoms with Gasteiger partial charge in [-0.1, -0.05) is 24.1 Å². The zero-order valence-electron chi connectivity index (χ0n) is 18.9. The molecule has 9 heteroatoms. The highest BCUT2D eigenvalue weighted by molar-refractivity contribution is 7.11. The van der Waals surface area contributed by atoms with Crippen molar-refractivity contribution < 1.29 is 18.7 Å². The lowest BCUT2D eigenvalue weighted by Gasteiger charge is -2.31. The average molecular weight is 504 g/mol. The van der Waals surface area contributed by atoms with Crippen LogP contribution in [0.3, 0.4) is 0 Å². The predicted molar refractivity (Wildman–Crippen MR) is 129 cm³/mol. The van der Waals surface area contributed by atoms with Crippen molar-refractivity contribution in [3.8, 4) is 0 Å². The van der Waals surface area contributed by atoms with E-state index in [1.54, 1.807) is 12.3 Å². The first-order valence-electron chi connectivity index (χ1n) is 11.7. The molecule has 5 rings (SSSR count). The number of carbonyl (C=O) groups excluding carboxylic acids is 1. The third-order valence-electron chi connectivity index (χ3n) is 6.85. The number of aromatic nitrogens is 1. The Morgan fingerprint density at radius 3 is 2.91 bits per heavy atom. The second-order valence-electron chi connectivity index (χ2n) is 9.09. The molecule has 180 valence electrons. The van der Waals surface area contributed by atoms with Gasteiger partial charge in [-0.3, -0.25) is 4.99 Å². The van der Waals surface area contributed by atoms with Crippen molar-refractivity contribution in [3.63, 3.8) is 0 Å². The molecule has 6 nitrogen and oxygen atoms in total. The first-order valence-corrected chi connectivity index (χ1v) is 12.9. The van der Waals surface area contributed by atoms with Crippen LogP contribution in [0.5, 0.6) is 0 Å². The molecule has 0 saturated carbocycles. The number of aliphatic imine (C=N–C) groups is 1. The maximum atomic E-state index is 13.8. The first kappa shape index (κ1) is 23.5. The Labute approximate surface area is 207 Å². The number of ether oxygens (including phenoxy) is 2. The summed E-state index contributed by atoms with van der Waals surface area (Å²) in [5.41, 5.74) is 1.72. The van der Waals surface area contributed by atoms with E-state index in [1.807, 2.05) is 5.38 Å². The summed E-state index contributed by atoms with van der Waals surface area (Å²) in [5, 5.41) is 6.20. The molecule has 34 heavy (non-hydrogen) atoms. The van der Waals surface area contributed by atoms with Crippen LogP contribution in [0.4, 0.5) is 4.39 Å². The largest absolute Gasteiger partial charge is 0.466 e. The number of methoxy groups -OCH3 is 1. The Hall–Kier alpha value is -2.29. The molecule has 2 bridgehead atoms. The van der Waals surface area contributed by atoms with Gasteiger partial charge in [-0.25, -0.2) is 14.2 Å². The average Bonchev–Trinajstić information content (AvgIpc) is 3.50. The van der Waals surface area contributed by atoms with Crippen LogP contribution in [-0.4, -0.2) is 36.1 Å². The number of hydrogen-bond acceptors (Lipinski definition) is 7. The van der Waals surface area contributed by atoms with E-state index in [0.29, 0.717) is 40.4 Å². The summed E-state index contributed by atoms with van der Waals surface area (Å²) in [4.78, 5) is 22.3. The topological polar surface area (TPSA) is 72.8 Å². The third-order valence-corrected chi connectivity index (χ3v) is 7.95. The van der Waals surface area contributed by atoms with Gasteiger partial charge in [-0.2, -0.15) is 0 Å². The van der Waals surface area contributed by atoms with E-state index in [1.165, 1.54) is 30.6 Å². The van der Waals surface area contributed by atoms with Gasteiger partial charge in [0.25, 0.3) is 0 Å².